The highest BCUT2D eigenvalue weighted by atomic mass is 16.5. The zero-order valence-corrected chi connectivity index (χ0v) is 11.4. The summed E-state index contributed by atoms with van der Waals surface area (Å²) in [5.74, 6) is 0.896. The lowest BCUT2D eigenvalue weighted by atomic mass is 10.1. The molecule has 1 fully saturated rings. The maximum Gasteiger partial charge on any atom is 0.111 e. The predicted molar refractivity (Wildman–Crippen MR) is 69.4 cm³/mol. The van der Waals surface area contributed by atoms with Gasteiger partial charge in [0.2, 0.25) is 0 Å². The van der Waals surface area contributed by atoms with Crippen LogP contribution in [0.2, 0.25) is 0 Å². The summed E-state index contributed by atoms with van der Waals surface area (Å²) in [6.45, 7) is 6.79. The van der Waals surface area contributed by atoms with E-state index < -0.39 is 6.10 Å². The van der Waals surface area contributed by atoms with E-state index in [1.807, 2.05) is 17.8 Å². The Balaban J connectivity index is 1.92. The van der Waals surface area contributed by atoms with E-state index in [2.05, 4.69) is 23.7 Å². The second-order valence-corrected chi connectivity index (χ2v) is 5.22. The highest BCUT2D eigenvalue weighted by Crippen LogP contribution is 2.14. The van der Waals surface area contributed by atoms with Gasteiger partial charge in [0.05, 0.1) is 18.8 Å². The number of aromatic nitrogens is 2. The first-order chi connectivity index (χ1) is 8.58. The molecule has 5 nitrogen and oxygen atoms in total. The molecule has 5 heteroatoms. The van der Waals surface area contributed by atoms with Crippen LogP contribution in [-0.2, 0) is 18.2 Å². The fraction of sp³-hybridized carbons (Fsp3) is 0.769. The predicted octanol–water partition coefficient (Wildman–Crippen LogP) is 0.433. The largest absolute Gasteiger partial charge is 0.390 e. The van der Waals surface area contributed by atoms with Gasteiger partial charge in [-0.1, -0.05) is 0 Å². The van der Waals surface area contributed by atoms with Crippen LogP contribution < -0.4 is 0 Å². The van der Waals surface area contributed by atoms with E-state index in [4.69, 9.17) is 4.74 Å². The summed E-state index contributed by atoms with van der Waals surface area (Å²) in [6.07, 6.45) is 3.58. The number of nitrogens with zero attached hydrogens (tertiary/aromatic N) is 3. The molecule has 1 aliphatic heterocycles. The van der Waals surface area contributed by atoms with Gasteiger partial charge in [0.1, 0.15) is 5.82 Å². The van der Waals surface area contributed by atoms with E-state index in [1.54, 1.807) is 6.20 Å². The molecule has 1 aromatic rings. The molecule has 0 saturated carbocycles. The van der Waals surface area contributed by atoms with Crippen LogP contribution in [0.1, 0.15) is 19.7 Å². The quantitative estimate of drug-likeness (QED) is 0.845. The normalized spacial score (nSPS) is 23.5. The van der Waals surface area contributed by atoms with Gasteiger partial charge in [-0.05, 0) is 13.8 Å². The van der Waals surface area contributed by atoms with Crippen molar-refractivity contribution in [1.82, 2.24) is 14.5 Å². The molecule has 18 heavy (non-hydrogen) atoms. The Kier molecular flexibility index (Phi) is 4.37. The number of aliphatic hydroxyl groups excluding tert-OH is 1. The van der Waals surface area contributed by atoms with Crippen LogP contribution in [0.15, 0.2) is 12.4 Å². The summed E-state index contributed by atoms with van der Waals surface area (Å²) in [7, 11) is 1.94. The van der Waals surface area contributed by atoms with Crippen molar-refractivity contribution in [1.29, 1.82) is 0 Å². The average Bonchev–Trinajstić information content (AvgIpc) is 2.75. The Morgan fingerprint density at radius 2 is 2.33 bits per heavy atom. The highest BCUT2D eigenvalue weighted by molar-refractivity contribution is 4.95. The molecule has 1 aromatic heterocycles. The zero-order valence-electron chi connectivity index (χ0n) is 11.4. The Bertz CT molecular complexity index is 378. The second-order valence-electron chi connectivity index (χ2n) is 5.22. The van der Waals surface area contributed by atoms with E-state index in [1.165, 1.54) is 0 Å². The van der Waals surface area contributed by atoms with Crippen LogP contribution >= 0.6 is 0 Å². The summed E-state index contributed by atoms with van der Waals surface area (Å²) < 4.78 is 7.62. The molecule has 0 radical (unpaired) electrons. The van der Waals surface area contributed by atoms with Gasteiger partial charge in [-0.3, -0.25) is 4.90 Å². The molecule has 2 heterocycles. The minimum atomic E-state index is -0.493. The molecule has 2 atom stereocenters. The monoisotopic (exact) mass is 253 g/mol. The van der Waals surface area contributed by atoms with Gasteiger partial charge >= 0.3 is 0 Å². The number of aryl methyl sites for hydroxylation is 1. The third-order valence-electron chi connectivity index (χ3n) is 3.60. The molecule has 2 unspecified atom stereocenters. The number of ether oxygens (including phenoxy) is 1. The van der Waals surface area contributed by atoms with Crippen molar-refractivity contribution in [3.63, 3.8) is 0 Å². The molecule has 0 bridgehead atoms. The summed E-state index contributed by atoms with van der Waals surface area (Å²) in [5.41, 5.74) is 0. The lowest BCUT2D eigenvalue weighted by molar-refractivity contribution is -0.0946. The highest BCUT2D eigenvalue weighted by Gasteiger charge is 2.28. The van der Waals surface area contributed by atoms with Crippen LogP contribution in [0, 0.1) is 0 Å². The van der Waals surface area contributed by atoms with Crippen molar-refractivity contribution in [2.45, 2.75) is 38.5 Å². The number of imidazole rings is 1. The van der Waals surface area contributed by atoms with Gasteiger partial charge in [0.15, 0.2) is 0 Å². The van der Waals surface area contributed by atoms with E-state index in [0.29, 0.717) is 19.1 Å². The molecular weight excluding hydrogens is 230 g/mol. The zero-order chi connectivity index (χ0) is 13.1. The summed E-state index contributed by atoms with van der Waals surface area (Å²) in [5, 5.41) is 10.3. The van der Waals surface area contributed by atoms with Crippen molar-refractivity contribution in [2.75, 3.05) is 19.7 Å². The third kappa shape index (κ3) is 3.10. The van der Waals surface area contributed by atoms with Crippen LogP contribution in [0.25, 0.3) is 0 Å². The molecule has 0 amide bonds. The first kappa shape index (κ1) is 13.5. The van der Waals surface area contributed by atoms with Crippen LogP contribution in [-0.4, -0.2) is 57.5 Å². The average molecular weight is 253 g/mol. The number of hydrogen-bond donors (Lipinski definition) is 1. The van der Waals surface area contributed by atoms with Gasteiger partial charge in [-0.2, -0.15) is 0 Å². The van der Waals surface area contributed by atoms with E-state index >= 15 is 0 Å². The fourth-order valence-electron chi connectivity index (χ4n) is 2.31. The molecule has 102 valence electrons. The standard InChI is InChI=1S/C13H23N3O2/c1-10(2)16-6-7-18-12(9-16)11(17)8-13-14-4-5-15(13)3/h4-5,10-12,17H,6-9H2,1-3H3. The van der Waals surface area contributed by atoms with Gasteiger partial charge < -0.3 is 14.4 Å². The van der Waals surface area contributed by atoms with Crippen molar-refractivity contribution < 1.29 is 9.84 Å². The van der Waals surface area contributed by atoms with Gasteiger partial charge in [-0.15, -0.1) is 0 Å². The Hall–Kier alpha value is -0.910. The minimum absolute atomic E-state index is 0.113. The number of aliphatic hydroxyl groups is 1. The Morgan fingerprint density at radius 1 is 1.56 bits per heavy atom. The van der Waals surface area contributed by atoms with Gasteiger partial charge in [0, 0.05) is 45.0 Å². The lowest BCUT2D eigenvalue weighted by Gasteiger charge is -2.37. The van der Waals surface area contributed by atoms with E-state index in [9.17, 15) is 5.11 Å². The maximum atomic E-state index is 10.3. The van der Waals surface area contributed by atoms with Crippen molar-refractivity contribution in [3.8, 4) is 0 Å². The summed E-state index contributed by atoms with van der Waals surface area (Å²) >= 11 is 0. The smallest absolute Gasteiger partial charge is 0.111 e. The second kappa shape index (κ2) is 5.82. The number of hydrogen-bond acceptors (Lipinski definition) is 4. The Labute approximate surface area is 108 Å². The van der Waals surface area contributed by atoms with Crippen molar-refractivity contribution in [2.24, 2.45) is 7.05 Å². The van der Waals surface area contributed by atoms with Gasteiger partial charge in [-0.25, -0.2) is 4.98 Å². The van der Waals surface area contributed by atoms with Crippen LogP contribution in [0.4, 0.5) is 0 Å². The molecule has 0 aromatic carbocycles. The van der Waals surface area contributed by atoms with Crippen LogP contribution in [0.5, 0.6) is 0 Å². The van der Waals surface area contributed by atoms with Crippen molar-refractivity contribution >= 4 is 0 Å². The van der Waals surface area contributed by atoms with Gasteiger partial charge in [0.25, 0.3) is 0 Å². The van der Waals surface area contributed by atoms with E-state index in [-0.39, 0.29) is 6.10 Å². The first-order valence-corrected chi connectivity index (χ1v) is 6.58. The molecule has 0 aliphatic carbocycles. The van der Waals surface area contributed by atoms with Crippen molar-refractivity contribution in [3.05, 3.63) is 18.2 Å². The number of morpholine rings is 1. The SMILES string of the molecule is CC(C)N1CCOC(C(O)Cc2nccn2C)C1. The Morgan fingerprint density at radius 3 is 2.94 bits per heavy atom. The molecular formula is C13H23N3O2. The molecule has 1 saturated heterocycles. The van der Waals surface area contributed by atoms with E-state index in [0.717, 1.165) is 18.9 Å². The maximum absolute atomic E-state index is 10.3. The molecule has 2 rings (SSSR count). The molecule has 0 spiro atoms. The third-order valence-corrected chi connectivity index (χ3v) is 3.60. The number of rotatable bonds is 4. The summed E-state index contributed by atoms with van der Waals surface area (Å²) in [6, 6.07) is 0.497. The fourth-order valence-corrected chi connectivity index (χ4v) is 2.31. The minimum Gasteiger partial charge on any atom is -0.390 e. The molecule has 1 aliphatic rings. The lowest BCUT2D eigenvalue weighted by Crippen LogP contribution is -2.50. The first-order valence-electron chi connectivity index (χ1n) is 6.58. The van der Waals surface area contributed by atoms with Crippen LogP contribution in [0.3, 0.4) is 0 Å². The molecule has 1 N–H and O–H groups in total. The summed E-state index contributed by atoms with van der Waals surface area (Å²) in [4.78, 5) is 6.58. The topological polar surface area (TPSA) is 50.5 Å².